The average Bonchev–Trinajstić information content (AvgIpc) is 2.02. The zero-order valence-corrected chi connectivity index (χ0v) is 7.89. The molecule has 3 N–H and O–H groups in total. The van der Waals surface area contributed by atoms with Crippen LogP contribution >= 0.6 is 0 Å². The predicted octanol–water partition coefficient (Wildman–Crippen LogP) is 1.44. The van der Waals surface area contributed by atoms with Crippen molar-refractivity contribution in [1.29, 1.82) is 0 Å². The van der Waals surface area contributed by atoms with Gasteiger partial charge >= 0.3 is 0 Å². The molecule has 4 aliphatic carbocycles. The Morgan fingerprint density at radius 2 is 1.33 bits per heavy atom. The zero-order chi connectivity index (χ0) is 8.18. The Bertz CT molecular complexity index is 162. The van der Waals surface area contributed by atoms with Gasteiger partial charge in [-0.15, -0.1) is 0 Å². The van der Waals surface area contributed by atoms with Crippen LogP contribution in [0.25, 0.3) is 0 Å². The van der Waals surface area contributed by atoms with E-state index in [0.29, 0.717) is 0 Å². The van der Waals surface area contributed by atoms with Gasteiger partial charge in [-0.3, -0.25) is 0 Å². The predicted molar refractivity (Wildman–Crippen MR) is 48.4 cm³/mol. The van der Waals surface area contributed by atoms with Gasteiger partial charge in [-0.25, -0.2) is 0 Å². The summed E-state index contributed by atoms with van der Waals surface area (Å²) in [6, 6.07) is 0. The Morgan fingerprint density at radius 1 is 0.917 bits per heavy atom. The average molecular weight is 166 g/mol. The standard InChI is InChI=1S/C11H19N/c12-7-11-4-8-1-9(5-11)3-10(2-8)6-11/h8-10H,1-7,12H2/p+1. The number of hydrogen-bond acceptors (Lipinski definition) is 0. The van der Waals surface area contributed by atoms with E-state index in [2.05, 4.69) is 5.73 Å². The van der Waals surface area contributed by atoms with Crippen LogP contribution in [0.3, 0.4) is 0 Å². The van der Waals surface area contributed by atoms with E-state index in [1.165, 1.54) is 25.8 Å². The lowest BCUT2D eigenvalue weighted by Crippen LogP contribution is -2.62. The largest absolute Gasteiger partial charge is 0.357 e. The van der Waals surface area contributed by atoms with Crippen molar-refractivity contribution < 1.29 is 5.73 Å². The molecule has 4 aliphatic rings. The maximum Gasteiger partial charge on any atom is 0.0797 e. The van der Waals surface area contributed by atoms with E-state index < -0.39 is 0 Å². The van der Waals surface area contributed by atoms with Crippen LogP contribution in [0.4, 0.5) is 0 Å². The smallest absolute Gasteiger partial charge is 0.0797 e. The van der Waals surface area contributed by atoms with Gasteiger partial charge in [0, 0.05) is 5.41 Å². The molecule has 0 spiro atoms. The van der Waals surface area contributed by atoms with Crippen molar-refractivity contribution in [3.05, 3.63) is 0 Å². The molecule has 4 bridgehead atoms. The third-order valence-corrected chi connectivity index (χ3v) is 4.70. The summed E-state index contributed by atoms with van der Waals surface area (Å²) in [5.41, 5.74) is 4.91. The molecule has 12 heavy (non-hydrogen) atoms. The van der Waals surface area contributed by atoms with Gasteiger partial charge in [-0.2, -0.15) is 0 Å². The Morgan fingerprint density at radius 3 is 1.67 bits per heavy atom. The van der Waals surface area contributed by atoms with Gasteiger partial charge in [-0.05, 0) is 56.3 Å². The van der Waals surface area contributed by atoms with Crippen molar-refractivity contribution in [2.45, 2.75) is 38.5 Å². The summed E-state index contributed by atoms with van der Waals surface area (Å²) >= 11 is 0. The van der Waals surface area contributed by atoms with Crippen molar-refractivity contribution in [1.82, 2.24) is 0 Å². The molecule has 0 heterocycles. The highest BCUT2D eigenvalue weighted by Crippen LogP contribution is 2.59. The van der Waals surface area contributed by atoms with Crippen molar-refractivity contribution in [3.8, 4) is 0 Å². The van der Waals surface area contributed by atoms with Crippen LogP contribution in [0, 0.1) is 23.2 Å². The van der Waals surface area contributed by atoms with Crippen molar-refractivity contribution in [2.75, 3.05) is 6.54 Å². The minimum atomic E-state index is 0.731. The van der Waals surface area contributed by atoms with Crippen LogP contribution in [0.2, 0.25) is 0 Å². The van der Waals surface area contributed by atoms with Crippen LogP contribution in [0.15, 0.2) is 0 Å². The highest BCUT2D eigenvalue weighted by atomic mass is 14.7. The molecular formula is C11H20N+. The summed E-state index contributed by atoms with van der Waals surface area (Å²) in [5, 5.41) is 0. The topological polar surface area (TPSA) is 27.6 Å². The minimum absolute atomic E-state index is 0.731. The monoisotopic (exact) mass is 166 g/mol. The van der Waals surface area contributed by atoms with E-state index in [1.54, 1.807) is 19.3 Å². The fourth-order valence-electron chi connectivity index (χ4n) is 4.60. The molecule has 0 aromatic rings. The highest BCUT2D eigenvalue weighted by Gasteiger charge is 2.51. The molecule has 0 atom stereocenters. The first-order valence-electron chi connectivity index (χ1n) is 5.59. The molecular weight excluding hydrogens is 146 g/mol. The zero-order valence-electron chi connectivity index (χ0n) is 7.89. The molecule has 0 radical (unpaired) electrons. The quantitative estimate of drug-likeness (QED) is 0.610. The van der Waals surface area contributed by atoms with E-state index in [0.717, 1.165) is 23.2 Å². The van der Waals surface area contributed by atoms with Gasteiger partial charge in [0.05, 0.1) is 6.54 Å². The van der Waals surface area contributed by atoms with Crippen LogP contribution in [0.5, 0.6) is 0 Å². The number of rotatable bonds is 1. The van der Waals surface area contributed by atoms with Gasteiger partial charge in [0.15, 0.2) is 0 Å². The van der Waals surface area contributed by atoms with E-state index >= 15 is 0 Å². The maximum absolute atomic E-state index is 4.18. The summed E-state index contributed by atoms with van der Waals surface area (Å²) in [5.74, 6) is 3.33. The van der Waals surface area contributed by atoms with Gasteiger partial charge in [0.1, 0.15) is 0 Å². The number of hydrogen-bond donors (Lipinski definition) is 1. The van der Waals surface area contributed by atoms with E-state index in [4.69, 9.17) is 0 Å². The minimum Gasteiger partial charge on any atom is -0.357 e. The molecule has 0 aromatic heterocycles. The van der Waals surface area contributed by atoms with Gasteiger partial charge in [-0.1, -0.05) is 0 Å². The Kier molecular flexibility index (Phi) is 1.39. The van der Waals surface area contributed by atoms with Crippen LogP contribution in [-0.2, 0) is 0 Å². The van der Waals surface area contributed by atoms with E-state index in [-0.39, 0.29) is 0 Å². The molecule has 4 saturated carbocycles. The van der Waals surface area contributed by atoms with Crippen LogP contribution in [0.1, 0.15) is 38.5 Å². The lowest BCUT2D eigenvalue weighted by Gasteiger charge is -2.55. The SMILES string of the molecule is [NH3+]CC12CC3CC(CC(C3)C1)C2. The summed E-state index contributed by atoms with van der Waals surface area (Å²) in [6.07, 6.45) is 9.30. The van der Waals surface area contributed by atoms with Gasteiger partial charge in [0.2, 0.25) is 0 Å². The van der Waals surface area contributed by atoms with E-state index in [9.17, 15) is 0 Å². The summed E-state index contributed by atoms with van der Waals surface area (Å²) in [4.78, 5) is 0. The molecule has 68 valence electrons. The van der Waals surface area contributed by atoms with Gasteiger partial charge in [0.25, 0.3) is 0 Å². The fourth-order valence-corrected chi connectivity index (χ4v) is 4.60. The van der Waals surface area contributed by atoms with Crippen molar-refractivity contribution in [2.24, 2.45) is 23.2 Å². The second-order valence-corrected chi connectivity index (χ2v) is 5.67. The third-order valence-electron chi connectivity index (χ3n) is 4.70. The molecule has 0 unspecified atom stereocenters. The Balaban J connectivity index is 1.90. The third kappa shape index (κ3) is 0.891. The Labute approximate surface area is 74.7 Å². The fraction of sp³-hybridized carbons (Fsp3) is 1.00. The first-order chi connectivity index (χ1) is 5.80. The molecule has 0 saturated heterocycles. The lowest BCUT2D eigenvalue weighted by atomic mass is 9.50. The number of quaternary nitrogens is 1. The first kappa shape index (κ1) is 7.37. The molecule has 1 nitrogen and oxygen atoms in total. The maximum atomic E-state index is 4.18. The molecule has 0 aromatic carbocycles. The van der Waals surface area contributed by atoms with Crippen LogP contribution in [-0.4, -0.2) is 6.54 Å². The molecule has 1 heteroatoms. The first-order valence-corrected chi connectivity index (χ1v) is 5.59. The molecule has 4 rings (SSSR count). The second kappa shape index (κ2) is 2.25. The second-order valence-electron chi connectivity index (χ2n) is 5.67. The summed E-state index contributed by atoms with van der Waals surface area (Å²) in [7, 11) is 0. The van der Waals surface area contributed by atoms with E-state index in [1.807, 2.05) is 0 Å². The molecule has 0 amide bonds. The molecule has 0 aliphatic heterocycles. The van der Waals surface area contributed by atoms with Crippen LogP contribution < -0.4 is 5.73 Å². The lowest BCUT2D eigenvalue weighted by molar-refractivity contribution is -0.403. The van der Waals surface area contributed by atoms with Crippen molar-refractivity contribution >= 4 is 0 Å². The highest BCUT2D eigenvalue weighted by molar-refractivity contribution is 5.00. The Hall–Kier alpha value is -0.0400. The normalized spacial score (nSPS) is 56.2. The summed E-state index contributed by atoms with van der Waals surface area (Å²) < 4.78 is 0. The van der Waals surface area contributed by atoms with Crippen molar-refractivity contribution in [3.63, 3.8) is 0 Å². The molecule has 4 fully saturated rings. The van der Waals surface area contributed by atoms with Gasteiger partial charge < -0.3 is 5.73 Å². The summed E-state index contributed by atoms with van der Waals surface area (Å²) in [6.45, 7) is 1.22.